The topological polar surface area (TPSA) is 72.3 Å². The maximum absolute atomic E-state index is 13.0. The van der Waals surface area contributed by atoms with Gasteiger partial charge in [-0.1, -0.05) is 18.2 Å². The highest BCUT2D eigenvalue weighted by atomic mass is 19.4. The van der Waals surface area contributed by atoms with E-state index in [2.05, 4.69) is 20.4 Å². The summed E-state index contributed by atoms with van der Waals surface area (Å²) in [7, 11) is 0. The van der Waals surface area contributed by atoms with Gasteiger partial charge in [-0.15, -0.1) is 10.2 Å². The van der Waals surface area contributed by atoms with Gasteiger partial charge in [0.05, 0.1) is 24.6 Å². The quantitative estimate of drug-likeness (QED) is 0.797. The lowest BCUT2D eigenvalue weighted by molar-refractivity contribution is -0.137. The van der Waals surface area contributed by atoms with Crippen molar-refractivity contribution in [2.75, 3.05) is 26.3 Å². The number of hydrogen-bond acceptors (Lipinski definition) is 5. The third-order valence-corrected chi connectivity index (χ3v) is 5.58. The molecule has 0 bridgehead atoms. The van der Waals surface area contributed by atoms with E-state index in [0.29, 0.717) is 63.7 Å². The normalized spacial score (nSPS) is 20.0. The van der Waals surface area contributed by atoms with E-state index in [0.717, 1.165) is 18.3 Å². The molecule has 3 heterocycles. The van der Waals surface area contributed by atoms with E-state index in [1.54, 1.807) is 6.07 Å². The Bertz CT molecular complexity index is 893. The molecule has 1 fully saturated rings. The minimum absolute atomic E-state index is 0.0374. The number of hydrogen-bond donors (Lipinski definition) is 1. The van der Waals surface area contributed by atoms with Crippen LogP contribution < -0.4 is 5.32 Å². The molecule has 0 saturated carbocycles. The zero-order chi connectivity index (χ0) is 21.1. The van der Waals surface area contributed by atoms with E-state index < -0.39 is 11.7 Å². The van der Waals surface area contributed by atoms with Crippen LogP contribution in [0.25, 0.3) is 0 Å². The fraction of sp³-hybridized carbons (Fsp3) is 0.550. The summed E-state index contributed by atoms with van der Waals surface area (Å²) in [5, 5.41) is 11.4. The van der Waals surface area contributed by atoms with Crippen molar-refractivity contribution in [1.29, 1.82) is 0 Å². The van der Waals surface area contributed by atoms with E-state index >= 15 is 0 Å². The maximum atomic E-state index is 13.0. The molecule has 1 saturated heterocycles. The molecule has 0 aliphatic carbocycles. The van der Waals surface area contributed by atoms with Gasteiger partial charge in [0.1, 0.15) is 5.82 Å². The summed E-state index contributed by atoms with van der Waals surface area (Å²) in [6.07, 6.45) is -2.96. The highest BCUT2D eigenvalue weighted by molar-refractivity contribution is 5.78. The summed E-state index contributed by atoms with van der Waals surface area (Å²) < 4.78 is 46.1. The van der Waals surface area contributed by atoms with Crippen LogP contribution in [0.15, 0.2) is 24.3 Å². The Labute approximate surface area is 172 Å². The monoisotopic (exact) mass is 423 g/mol. The first-order chi connectivity index (χ1) is 14.4. The average Bonchev–Trinajstić information content (AvgIpc) is 3.34. The SMILES string of the molecule is O=C(NCc1nnc2n1CCN(Cc1cccc(C(F)(F)F)c1)CC2)C1CCOC1. The van der Waals surface area contributed by atoms with Gasteiger partial charge in [0.2, 0.25) is 5.91 Å². The Morgan fingerprint density at radius 1 is 1.23 bits per heavy atom. The largest absolute Gasteiger partial charge is 0.416 e. The van der Waals surface area contributed by atoms with Crippen molar-refractivity contribution in [2.45, 2.75) is 38.7 Å². The minimum atomic E-state index is -4.34. The number of carbonyl (C=O) groups excluding carboxylic acids is 1. The van der Waals surface area contributed by atoms with E-state index in [1.807, 2.05) is 4.57 Å². The molecule has 30 heavy (non-hydrogen) atoms. The van der Waals surface area contributed by atoms with E-state index in [9.17, 15) is 18.0 Å². The number of nitrogens with one attached hydrogen (secondary N) is 1. The molecule has 2 aliphatic heterocycles. The van der Waals surface area contributed by atoms with Gasteiger partial charge in [-0.2, -0.15) is 13.2 Å². The van der Waals surface area contributed by atoms with Crippen LogP contribution >= 0.6 is 0 Å². The van der Waals surface area contributed by atoms with Crippen LogP contribution in [0.5, 0.6) is 0 Å². The van der Waals surface area contributed by atoms with Gasteiger partial charge >= 0.3 is 6.18 Å². The number of fused-ring (bicyclic) bond motifs is 1. The number of ether oxygens (including phenoxy) is 1. The van der Waals surface area contributed by atoms with E-state index in [-0.39, 0.29) is 11.8 Å². The highest BCUT2D eigenvalue weighted by Crippen LogP contribution is 2.29. The predicted molar refractivity (Wildman–Crippen MR) is 101 cm³/mol. The molecular formula is C20H24F3N5O2. The summed E-state index contributed by atoms with van der Waals surface area (Å²) in [4.78, 5) is 14.3. The lowest BCUT2D eigenvalue weighted by Gasteiger charge is -2.20. The van der Waals surface area contributed by atoms with E-state index in [4.69, 9.17) is 4.74 Å². The number of alkyl halides is 3. The standard InChI is InChI=1S/C20H24F3N5O2/c21-20(22,23)16-3-1-2-14(10-16)12-27-6-4-17-25-26-18(28(17)8-7-27)11-24-19(29)15-5-9-30-13-15/h1-3,10,15H,4-9,11-13H2,(H,24,29). The lowest BCUT2D eigenvalue weighted by Crippen LogP contribution is -2.32. The number of halogens is 3. The lowest BCUT2D eigenvalue weighted by atomic mass is 10.1. The molecule has 2 aliphatic rings. The van der Waals surface area contributed by atoms with E-state index in [1.165, 1.54) is 12.1 Å². The third kappa shape index (κ3) is 4.81. The van der Waals surface area contributed by atoms with Gasteiger partial charge in [-0.3, -0.25) is 9.69 Å². The summed E-state index contributed by atoms with van der Waals surface area (Å²) >= 11 is 0. The first kappa shape index (κ1) is 20.8. The predicted octanol–water partition coefficient (Wildman–Crippen LogP) is 2.01. The number of benzene rings is 1. The number of carbonyl (C=O) groups is 1. The minimum Gasteiger partial charge on any atom is -0.381 e. The molecule has 4 rings (SSSR count). The zero-order valence-electron chi connectivity index (χ0n) is 16.5. The van der Waals surface area contributed by atoms with Crippen LogP contribution in [-0.2, 0) is 41.8 Å². The molecule has 1 aromatic heterocycles. The first-order valence-corrected chi connectivity index (χ1v) is 10.0. The molecule has 1 amide bonds. The fourth-order valence-electron chi connectivity index (χ4n) is 3.87. The fourth-order valence-corrected chi connectivity index (χ4v) is 3.87. The second-order valence-electron chi connectivity index (χ2n) is 7.69. The smallest absolute Gasteiger partial charge is 0.381 e. The second-order valence-corrected chi connectivity index (χ2v) is 7.69. The number of rotatable bonds is 5. The summed E-state index contributed by atoms with van der Waals surface area (Å²) in [5.41, 5.74) is 0.00593. The maximum Gasteiger partial charge on any atom is 0.416 e. The molecular weight excluding hydrogens is 399 g/mol. The van der Waals surface area contributed by atoms with Gasteiger partial charge in [0.25, 0.3) is 0 Å². The van der Waals surface area contributed by atoms with Crippen LogP contribution in [0.2, 0.25) is 0 Å². The summed E-state index contributed by atoms with van der Waals surface area (Å²) in [6.45, 7) is 3.78. The average molecular weight is 423 g/mol. The Morgan fingerprint density at radius 3 is 2.87 bits per heavy atom. The molecule has 10 heteroatoms. The van der Waals surface area contributed by atoms with Crippen LogP contribution in [0, 0.1) is 5.92 Å². The Balaban J connectivity index is 1.35. The van der Waals surface area contributed by atoms with Gasteiger partial charge < -0.3 is 14.6 Å². The van der Waals surface area contributed by atoms with Crippen molar-refractivity contribution in [1.82, 2.24) is 25.0 Å². The van der Waals surface area contributed by atoms with Crippen molar-refractivity contribution < 1.29 is 22.7 Å². The van der Waals surface area contributed by atoms with Crippen molar-refractivity contribution in [3.05, 3.63) is 47.0 Å². The molecule has 1 aromatic carbocycles. The van der Waals surface area contributed by atoms with Gasteiger partial charge in [-0.25, -0.2) is 0 Å². The van der Waals surface area contributed by atoms with Crippen molar-refractivity contribution in [3.8, 4) is 0 Å². The van der Waals surface area contributed by atoms with Gasteiger partial charge in [0.15, 0.2) is 5.82 Å². The highest BCUT2D eigenvalue weighted by Gasteiger charge is 2.30. The number of nitrogens with zero attached hydrogens (tertiary/aromatic N) is 4. The Hall–Kier alpha value is -2.46. The van der Waals surface area contributed by atoms with Crippen LogP contribution in [0.1, 0.15) is 29.2 Å². The molecule has 2 aromatic rings. The number of aromatic nitrogens is 3. The van der Waals surface area contributed by atoms with Gasteiger partial charge in [-0.05, 0) is 18.1 Å². The molecule has 7 nitrogen and oxygen atoms in total. The molecule has 0 spiro atoms. The summed E-state index contributed by atoms with van der Waals surface area (Å²) in [6, 6.07) is 5.46. The molecule has 162 valence electrons. The number of amides is 1. The van der Waals surface area contributed by atoms with Crippen LogP contribution in [0.4, 0.5) is 13.2 Å². The Kier molecular flexibility index (Phi) is 6.05. The van der Waals surface area contributed by atoms with Crippen molar-refractivity contribution in [2.24, 2.45) is 5.92 Å². The first-order valence-electron chi connectivity index (χ1n) is 10.0. The Morgan fingerprint density at radius 2 is 2.10 bits per heavy atom. The second kappa shape index (κ2) is 8.73. The molecule has 0 radical (unpaired) electrons. The van der Waals surface area contributed by atoms with Crippen LogP contribution in [-0.4, -0.2) is 51.9 Å². The van der Waals surface area contributed by atoms with Crippen molar-refractivity contribution >= 4 is 5.91 Å². The zero-order valence-corrected chi connectivity index (χ0v) is 16.5. The van der Waals surface area contributed by atoms with Gasteiger partial charge in [0, 0.05) is 39.2 Å². The molecule has 1 N–H and O–H groups in total. The van der Waals surface area contributed by atoms with Crippen molar-refractivity contribution in [3.63, 3.8) is 0 Å². The van der Waals surface area contributed by atoms with Crippen LogP contribution in [0.3, 0.4) is 0 Å². The molecule has 1 atom stereocenters. The third-order valence-electron chi connectivity index (χ3n) is 5.58. The summed E-state index contributed by atoms with van der Waals surface area (Å²) in [5.74, 6) is 1.37. The molecule has 1 unspecified atom stereocenters.